The number of amides is 1. The Balaban J connectivity index is 1.39. The van der Waals surface area contributed by atoms with Gasteiger partial charge in [-0.3, -0.25) is 4.79 Å². The zero-order chi connectivity index (χ0) is 19.1. The molecule has 0 aromatic heterocycles. The highest BCUT2D eigenvalue weighted by molar-refractivity contribution is 6.31. The van der Waals surface area contributed by atoms with Gasteiger partial charge < -0.3 is 14.9 Å². The van der Waals surface area contributed by atoms with E-state index in [1.807, 2.05) is 18.2 Å². The van der Waals surface area contributed by atoms with Crippen LogP contribution in [0.25, 0.3) is 0 Å². The van der Waals surface area contributed by atoms with E-state index >= 15 is 0 Å². The summed E-state index contributed by atoms with van der Waals surface area (Å²) in [6, 6.07) is 14.6. The summed E-state index contributed by atoms with van der Waals surface area (Å²) in [7, 11) is 0. The second kappa shape index (κ2) is 9.50. The zero-order valence-electron chi connectivity index (χ0n) is 15.1. The molecule has 7 heteroatoms. The van der Waals surface area contributed by atoms with Crippen molar-refractivity contribution in [3.63, 3.8) is 0 Å². The van der Waals surface area contributed by atoms with Crippen LogP contribution in [0, 0.1) is 0 Å². The van der Waals surface area contributed by atoms with Crippen LogP contribution in [-0.4, -0.2) is 50.0 Å². The van der Waals surface area contributed by atoms with Crippen molar-refractivity contribution in [2.75, 3.05) is 32.7 Å². The number of quaternary nitrogens is 2. The fourth-order valence-electron chi connectivity index (χ4n) is 3.23. The molecule has 142 valence electrons. The van der Waals surface area contributed by atoms with Crippen molar-refractivity contribution in [2.24, 2.45) is 5.10 Å². The number of carbonyl (C=O) groups is 1. The molecule has 1 amide bonds. The predicted molar refractivity (Wildman–Crippen MR) is 105 cm³/mol. The summed E-state index contributed by atoms with van der Waals surface area (Å²) in [5.74, 6) is 0.116. The van der Waals surface area contributed by atoms with Crippen molar-refractivity contribution in [1.29, 1.82) is 0 Å². The molecule has 1 aliphatic heterocycles. The Morgan fingerprint density at radius 2 is 1.74 bits per heavy atom. The van der Waals surface area contributed by atoms with Gasteiger partial charge in [0.25, 0.3) is 5.91 Å². The predicted octanol–water partition coefficient (Wildman–Crippen LogP) is -0.521. The lowest BCUT2D eigenvalue weighted by Crippen LogP contribution is -3.28. The van der Waals surface area contributed by atoms with E-state index in [9.17, 15) is 9.90 Å². The number of rotatable bonds is 6. The summed E-state index contributed by atoms with van der Waals surface area (Å²) in [5.41, 5.74) is 4.57. The maximum absolute atomic E-state index is 12.1. The minimum Gasteiger partial charge on any atom is -0.508 e. The SMILES string of the molecule is O=C(C[NH+]1CC[NH+](Cc2ccccc2Cl)CC1)NN=Cc1ccc(O)cc1. The highest BCUT2D eigenvalue weighted by Crippen LogP contribution is 2.13. The van der Waals surface area contributed by atoms with Gasteiger partial charge in [0.05, 0.1) is 6.21 Å². The van der Waals surface area contributed by atoms with Gasteiger partial charge in [-0.2, -0.15) is 5.10 Å². The van der Waals surface area contributed by atoms with Gasteiger partial charge in [0.2, 0.25) is 0 Å². The number of nitrogens with one attached hydrogen (secondary N) is 3. The van der Waals surface area contributed by atoms with Crippen LogP contribution in [0.2, 0.25) is 5.02 Å². The summed E-state index contributed by atoms with van der Waals surface area (Å²) >= 11 is 6.24. The molecule has 1 saturated heterocycles. The summed E-state index contributed by atoms with van der Waals surface area (Å²) in [5, 5.41) is 14.0. The number of phenols is 1. The number of halogens is 1. The van der Waals surface area contributed by atoms with Crippen molar-refractivity contribution in [3.8, 4) is 5.75 Å². The molecule has 27 heavy (non-hydrogen) atoms. The third kappa shape index (κ3) is 6.06. The van der Waals surface area contributed by atoms with Crippen LogP contribution < -0.4 is 15.2 Å². The number of carbonyl (C=O) groups excluding carboxylic acids is 1. The first kappa shape index (κ1) is 19.4. The maximum Gasteiger partial charge on any atom is 0.295 e. The van der Waals surface area contributed by atoms with Gasteiger partial charge in [-0.05, 0) is 35.9 Å². The molecule has 1 aliphatic rings. The van der Waals surface area contributed by atoms with Gasteiger partial charge >= 0.3 is 0 Å². The molecule has 0 radical (unpaired) electrons. The summed E-state index contributed by atoms with van der Waals surface area (Å²) in [6.45, 7) is 5.29. The van der Waals surface area contributed by atoms with E-state index in [1.54, 1.807) is 30.5 Å². The molecule has 4 N–H and O–H groups in total. The van der Waals surface area contributed by atoms with Crippen molar-refractivity contribution in [1.82, 2.24) is 5.43 Å². The molecule has 1 fully saturated rings. The average molecular weight is 389 g/mol. The third-order valence-electron chi connectivity index (χ3n) is 4.77. The zero-order valence-corrected chi connectivity index (χ0v) is 15.9. The highest BCUT2D eigenvalue weighted by atomic mass is 35.5. The number of hydrazone groups is 1. The van der Waals surface area contributed by atoms with Crippen LogP contribution in [0.1, 0.15) is 11.1 Å². The molecule has 6 nitrogen and oxygen atoms in total. The van der Waals surface area contributed by atoms with Crippen LogP contribution in [0.3, 0.4) is 0 Å². The van der Waals surface area contributed by atoms with Gasteiger partial charge in [0.1, 0.15) is 38.5 Å². The second-order valence-electron chi connectivity index (χ2n) is 6.83. The van der Waals surface area contributed by atoms with Crippen LogP contribution in [0.5, 0.6) is 5.75 Å². The molecule has 1 heterocycles. The van der Waals surface area contributed by atoms with E-state index < -0.39 is 0 Å². The molecule has 0 aliphatic carbocycles. The molecule has 2 aromatic carbocycles. The quantitative estimate of drug-likeness (QED) is 0.397. The van der Waals surface area contributed by atoms with Gasteiger partial charge in [-0.1, -0.05) is 29.8 Å². The average Bonchev–Trinajstić information content (AvgIpc) is 2.67. The van der Waals surface area contributed by atoms with Gasteiger partial charge in [-0.15, -0.1) is 0 Å². The van der Waals surface area contributed by atoms with E-state index in [0.717, 1.165) is 43.3 Å². The van der Waals surface area contributed by atoms with Gasteiger partial charge in [0.15, 0.2) is 6.54 Å². The van der Waals surface area contributed by atoms with Crippen molar-refractivity contribution >= 4 is 23.7 Å². The van der Waals surface area contributed by atoms with E-state index in [2.05, 4.69) is 16.6 Å². The van der Waals surface area contributed by atoms with E-state index in [4.69, 9.17) is 11.6 Å². The lowest BCUT2D eigenvalue weighted by atomic mass is 10.2. The van der Waals surface area contributed by atoms with Crippen LogP contribution in [0.4, 0.5) is 0 Å². The van der Waals surface area contributed by atoms with Gasteiger partial charge in [0, 0.05) is 10.6 Å². The smallest absolute Gasteiger partial charge is 0.295 e. The Labute approximate surface area is 164 Å². The molecule has 0 bridgehead atoms. The van der Waals surface area contributed by atoms with E-state index in [-0.39, 0.29) is 11.7 Å². The normalized spacial score (nSPS) is 19.9. The maximum atomic E-state index is 12.1. The van der Waals surface area contributed by atoms with Crippen molar-refractivity contribution in [3.05, 3.63) is 64.7 Å². The third-order valence-corrected chi connectivity index (χ3v) is 5.14. The lowest BCUT2D eigenvalue weighted by Gasteiger charge is -2.29. The standard InChI is InChI=1S/C20H23ClN4O2/c21-19-4-2-1-3-17(19)14-24-9-11-25(12-10-24)15-20(27)23-22-13-16-5-7-18(26)8-6-16/h1-8,13,26H,9-12,14-15H2,(H,23,27)/p+2. The highest BCUT2D eigenvalue weighted by Gasteiger charge is 2.25. The number of phenolic OH excluding ortho intramolecular Hbond substituents is 1. The molecule has 0 spiro atoms. The molecule has 0 atom stereocenters. The second-order valence-corrected chi connectivity index (χ2v) is 7.24. The minimum absolute atomic E-state index is 0.0883. The fraction of sp³-hybridized carbons (Fsp3) is 0.300. The molecular formula is C20H25ClN4O2+2. The first-order chi connectivity index (χ1) is 13.1. The van der Waals surface area contributed by atoms with Crippen LogP contribution >= 0.6 is 11.6 Å². The van der Waals surface area contributed by atoms with Gasteiger partial charge in [-0.25, -0.2) is 5.43 Å². The van der Waals surface area contributed by atoms with Crippen molar-refractivity contribution < 1.29 is 19.7 Å². The molecule has 0 unspecified atom stereocenters. The largest absolute Gasteiger partial charge is 0.508 e. The molecular weight excluding hydrogens is 364 g/mol. The Hall–Kier alpha value is -2.41. The van der Waals surface area contributed by atoms with E-state index in [0.29, 0.717) is 6.54 Å². The van der Waals surface area contributed by atoms with E-state index in [1.165, 1.54) is 15.4 Å². The first-order valence-corrected chi connectivity index (χ1v) is 9.49. The summed E-state index contributed by atoms with van der Waals surface area (Å²) in [4.78, 5) is 14.8. The Morgan fingerprint density at radius 3 is 2.44 bits per heavy atom. The Morgan fingerprint density at radius 1 is 1.07 bits per heavy atom. The lowest BCUT2D eigenvalue weighted by molar-refractivity contribution is -1.02. The number of hydrogen-bond donors (Lipinski definition) is 4. The van der Waals surface area contributed by atoms with Crippen LogP contribution in [-0.2, 0) is 11.3 Å². The number of piperazine rings is 1. The van der Waals surface area contributed by atoms with Crippen LogP contribution in [0.15, 0.2) is 53.6 Å². The number of nitrogens with zero attached hydrogens (tertiary/aromatic N) is 1. The Kier molecular flexibility index (Phi) is 6.81. The summed E-state index contributed by atoms with van der Waals surface area (Å²) in [6.07, 6.45) is 1.57. The number of aromatic hydroxyl groups is 1. The first-order valence-electron chi connectivity index (χ1n) is 9.11. The summed E-state index contributed by atoms with van der Waals surface area (Å²) < 4.78 is 0. The number of benzene rings is 2. The minimum atomic E-state index is -0.0883. The number of hydrogen-bond acceptors (Lipinski definition) is 3. The Bertz CT molecular complexity index is 787. The molecule has 3 rings (SSSR count). The fourth-order valence-corrected chi connectivity index (χ4v) is 3.43. The van der Waals surface area contributed by atoms with Crippen molar-refractivity contribution in [2.45, 2.75) is 6.54 Å². The topological polar surface area (TPSA) is 70.6 Å². The molecule has 0 saturated carbocycles. The molecule has 2 aromatic rings. The monoisotopic (exact) mass is 388 g/mol.